The molecule has 0 aliphatic rings. The second-order valence-corrected chi connectivity index (χ2v) is 3.22. The van der Waals surface area contributed by atoms with Crippen LogP contribution in [0.25, 0.3) is 0 Å². The van der Waals surface area contributed by atoms with Gasteiger partial charge in [-0.25, -0.2) is 4.39 Å². The third kappa shape index (κ3) is 4.24. The zero-order chi connectivity index (χ0) is 11.3. The first kappa shape index (κ1) is 11.9. The topological polar surface area (TPSA) is 64.4 Å². The van der Waals surface area contributed by atoms with Crippen LogP contribution in [0.1, 0.15) is 5.56 Å². The monoisotopic (exact) mass is 232 g/mol. The maximum Gasteiger partial charge on any atom is 0.245 e. The van der Waals surface area contributed by atoms with Crippen molar-refractivity contribution < 1.29 is 14.0 Å². The van der Waals surface area contributed by atoms with Gasteiger partial charge in [0.15, 0.2) is 0 Å². The Hall–Kier alpha value is -1.17. The lowest BCUT2D eigenvalue weighted by atomic mass is 10.2. The van der Waals surface area contributed by atoms with Gasteiger partial charge in [-0.2, -0.15) is 5.48 Å². The molecule has 0 heterocycles. The van der Waals surface area contributed by atoms with Gasteiger partial charge >= 0.3 is 0 Å². The van der Waals surface area contributed by atoms with E-state index in [2.05, 4.69) is 10.3 Å². The summed E-state index contributed by atoms with van der Waals surface area (Å²) in [6.07, 6.45) is 0. The summed E-state index contributed by atoms with van der Waals surface area (Å²) in [5.74, 6) is -0.973. The second-order valence-electron chi connectivity index (χ2n) is 2.81. The summed E-state index contributed by atoms with van der Waals surface area (Å²) < 4.78 is 12.8. The van der Waals surface area contributed by atoms with Gasteiger partial charge in [-0.3, -0.25) is 9.63 Å². The van der Waals surface area contributed by atoms with Crippen molar-refractivity contribution in [3.63, 3.8) is 0 Å². The highest BCUT2D eigenvalue weighted by molar-refractivity contribution is 6.31. The third-order valence-electron chi connectivity index (χ3n) is 1.59. The fourth-order valence-corrected chi connectivity index (χ4v) is 1.11. The maximum absolute atomic E-state index is 12.8. The van der Waals surface area contributed by atoms with Crippen LogP contribution in [0.4, 0.5) is 4.39 Å². The Balaban J connectivity index is 2.43. The van der Waals surface area contributed by atoms with E-state index in [9.17, 15) is 9.18 Å². The van der Waals surface area contributed by atoms with Crippen LogP contribution in [0.15, 0.2) is 18.2 Å². The van der Waals surface area contributed by atoms with Crippen LogP contribution in [0.3, 0.4) is 0 Å². The van der Waals surface area contributed by atoms with Crippen molar-refractivity contribution in [3.05, 3.63) is 34.6 Å². The number of nitrogens with one attached hydrogen (secondary N) is 1. The van der Waals surface area contributed by atoms with E-state index in [0.29, 0.717) is 10.6 Å². The zero-order valence-electron chi connectivity index (χ0n) is 7.80. The Morgan fingerprint density at radius 2 is 2.33 bits per heavy atom. The summed E-state index contributed by atoms with van der Waals surface area (Å²) in [6.45, 7) is -0.0448. The molecule has 0 atom stereocenters. The molecule has 6 heteroatoms. The lowest BCUT2D eigenvalue weighted by molar-refractivity contribution is -0.125. The summed E-state index contributed by atoms with van der Waals surface area (Å²) in [5, 5.41) is 0.423. The lowest BCUT2D eigenvalue weighted by Gasteiger charge is -2.06. The van der Waals surface area contributed by atoms with Crippen molar-refractivity contribution in [1.82, 2.24) is 5.48 Å². The SMILES string of the molecule is NC(=O)CONCc1cc(F)ccc1Cl. The first-order valence-corrected chi connectivity index (χ1v) is 4.54. The fourth-order valence-electron chi connectivity index (χ4n) is 0.930. The average molecular weight is 233 g/mol. The summed E-state index contributed by atoms with van der Waals surface area (Å²) >= 11 is 5.78. The smallest absolute Gasteiger partial charge is 0.245 e. The van der Waals surface area contributed by atoms with E-state index in [1.165, 1.54) is 18.2 Å². The molecule has 15 heavy (non-hydrogen) atoms. The highest BCUT2D eigenvalue weighted by Crippen LogP contribution is 2.16. The van der Waals surface area contributed by atoms with Crippen LogP contribution >= 0.6 is 11.6 Å². The van der Waals surface area contributed by atoms with Crippen LogP contribution in [0.2, 0.25) is 5.02 Å². The summed E-state index contributed by atoms with van der Waals surface area (Å²) in [5.41, 5.74) is 7.83. The molecule has 1 amide bonds. The Labute approximate surface area is 91.1 Å². The van der Waals surface area contributed by atoms with E-state index in [1.807, 2.05) is 0 Å². The van der Waals surface area contributed by atoms with Crippen LogP contribution in [0, 0.1) is 5.82 Å². The number of carbonyl (C=O) groups excluding carboxylic acids is 1. The minimum atomic E-state index is -0.590. The Bertz CT molecular complexity index is 360. The standard InChI is InChI=1S/C9H10ClFN2O2/c10-8-2-1-7(11)3-6(8)4-13-15-5-9(12)14/h1-3,13H,4-5H2,(H2,12,14). The van der Waals surface area contributed by atoms with Gasteiger partial charge in [0.05, 0.1) is 0 Å². The molecule has 0 spiro atoms. The van der Waals surface area contributed by atoms with Gasteiger partial charge < -0.3 is 5.73 Å². The normalized spacial score (nSPS) is 10.3. The molecule has 0 aliphatic heterocycles. The van der Waals surface area contributed by atoms with Gasteiger partial charge in [-0.05, 0) is 23.8 Å². The predicted octanol–water partition coefficient (Wildman–Crippen LogP) is 0.986. The number of hydrogen-bond acceptors (Lipinski definition) is 3. The lowest BCUT2D eigenvalue weighted by Crippen LogP contribution is -2.24. The molecule has 1 aromatic carbocycles. The van der Waals surface area contributed by atoms with Crippen LogP contribution in [-0.2, 0) is 16.2 Å². The van der Waals surface area contributed by atoms with Gasteiger partial charge in [-0.1, -0.05) is 11.6 Å². The number of hydroxylamine groups is 1. The van der Waals surface area contributed by atoms with Crippen LogP contribution in [0.5, 0.6) is 0 Å². The first-order chi connectivity index (χ1) is 7.09. The fraction of sp³-hybridized carbons (Fsp3) is 0.222. The molecule has 0 aliphatic carbocycles. The second kappa shape index (κ2) is 5.65. The van der Waals surface area contributed by atoms with E-state index < -0.39 is 5.91 Å². The maximum atomic E-state index is 12.8. The number of benzene rings is 1. The Morgan fingerprint density at radius 3 is 3.00 bits per heavy atom. The van der Waals surface area contributed by atoms with Crippen molar-refractivity contribution in [2.75, 3.05) is 6.61 Å². The van der Waals surface area contributed by atoms with E-state index in [0.717, 1.165) is 0 Å². The number of halogens is 2. The highest BCUT2D eigenvalue weighted by Gasteiger charge is 2.02. The molecule has 0 saturated heterocycles. The van der Waals surface area contributed by atoms with Gasteiger partial charge in [0, 0.05) is 11.6 Å². The van der Waals surface area contributed by atoms with Crippen molar-refractivity contribution in [2.45, 2.75) is 6.54 Å². The van der Waals surface area contributed by atoms with E-state index >= 15 is 0 Å². The average Bonchev–Trinajstić information content (AvgIpc) is 2.17. The van der Waals surface area contributed by atoms with Gasteiger partial charge in [-0.15, -0.1) is 0 Å². The van der Waals surface area contributed by atoms with Crippen molar-refractivity contribution in [1.29, 1.82) is 0 Å². The molecule has 0 fully saturated rings. The minimum absolute atomic E-state index is 0.198. The van der Waals surface area contributed by atoms with E-state index in [4.69, 9.17) is 17.3 Å². The summed E-state index contributed by atoms with van der Waals surface area (Å²) in [6, 6.07) is 3.99. The molecule has 3 N–H and O–H groups in total. The molecular formula is C9H10ClFN2O2. The number of rotatable bonds is 5. The molecule has 0 unspecified atom stereocenters. The largest absolute Gasteiger partial charge is 0.368 e. The molecule has 82 valence electrons. The molecule has 0 saturated carbocycles. The molecule has 0 bridgehead atoms. The minimum Gasteiger partial charge on any atom is -0.368 e. The first-order valence-electron chi connectivity index (χ1n) is 4.16. The zero-order valence-corrected chi connectivity index (χ0v) is 8.55. The predicted molar refractivity (Wildman–Crippen MR) is 53.4 cm³/mol. The Morgan fingerprint density at radius 1 is 1.60 bits per heavy atom. The van der Waals surface area contributed by atoms with Crippen molar-refractivity contribution in [2.24, 2.45) is 5.73 Å². The number of carbonyl (C=O) groups is 1. The molecule has 0 radical (unpaired) electrons. The van der Waals surface area contributed by atoms with Gasteiger partial charge in [0.1, 0.15) is 12.4 Å². The number of primary amides is 1. The highest BCUT2D eigenvalue weighted by atomic mass is 35.5. The molecule has 4 nitrogen and oxygen atoms in total. The van der Waals surface area contributed by atoms with Gasteiger partial charge in [0.2, 0.25) is 5.91 Å². The van der Waals surface area contributed by atoms with Crippen LogP contribution in [-0.4, -0.2) is 12.5 Å². The molecule has 1 aromatic rings. The van der Waals surface area contributed by atoms with E-state index in [1.54, 1.807) is 0 Å². The quantitative estimate of drug-likeness (QED) is 0.588. The Kier molecular flexibility index (Phi) is 4.48. The van der Waals surface area contributed by atoms with Crippen LogP contribution < -0.4 is 11.2 Å². The number of hydrogen-bond donors (Lipinski definition) is 2. The molecule has 1 rings (SSSR count). The number of nitrogens with two attached hydrogens (primary N) is 1. The number of amides is 1. The third-order valence-corrected chi connectivity index (χ3v) is 1.96. The molecular weight excluding hydrogens is 223 g/mol. The van der Waals surface area contributed by atoms with E-state index in [-0.39, 0.29) is 19.0 Å². The van der Waals surface area contributed by atoms with Crippen molar-refractivity contribution >= 4 is 17.5 Å². The van der Waals surface area contributed by atoms with Gasteiger partial charge in [0.25, 0.3) is 0 Å². The molecule has 0 aromatic heterocycles. The van der Waals surface area contributed by atoms with Crippen molar-refractivity contribution in [3.8, 4) is 0 Å². The summed E-state index contributed by atoms with van der Waals surface area (Å²) in [7, 11) is 0. The summed E-state index contributed by atoms with van der Waals surface area (Å²) in [4.78, 5) is 15.0.